The Bertz CT molecular complexity index is 282. The molecule has 0 aromatic heterocycles. The monoisotopic (exact) mass is 632 g/mol. The third-order valence-corrected chi connectivity index (χ3v) is 0.500. The van der Waals surface area contributed by atoms with Crippen molar-refractivity contribution in [3.63, 3.8) is 0 Å². The maximum absolute atomic E-state index is 8.93. The number of carboxylic acids is 6. The van der Waals surface area contributed by atoms with Gasteiger partial charge in [-0.15, -0.1) is 0 Å². The van der Waals surface area contributed by atoms with Gasteiger partial charge in [-0.2, -0.15) is 0 Å². The topological polar surface area (TPSA) is 272 Å². The average molecular weight is 632 g/mol. The van der Waals surface area contributed by atoms with Crippen LogP contribution in [0.25, 0.3) is 0 Å². The van der Waals surface area contributed by atoms with E-state index >= 15 is 0 Å². The number of carbonyl (C=O) groups is 6. The van der Waals surface area contributed by atoms with Gasteiger partial charge in [-0.3, -0.25) is 0 Å². The molecule has 0 unspecified atom stereocenters. The zero-order valence-corrected chi connectivity index (χ0v) is 12.2. The summed E-state index contributed by atoms with van der Waals surface area (Å²) in [5, 5.41) is 53.6. The molecule has 2 N–H and O–H groups in total. The van der Waals surface area contributed by atoms with Crippen LogP contribution in [0.1, 0.15) is 0 Å². The molecule has 0 saturated carbocycles. The summed E-state index contributed by atoms with van der Waals surface area (Å²) in [6.07, 6.45) is 0. The summed E-state index contributed by atoms with van der Waals surface area (Å²) in [5.41, 5.74) is 0. The number of rotatable bonds is 0. The summed E-state index contributed by atoms with van der Waals surface area (Å²) in [6.45, 7) is 0. The Morgan fingerprint density at radius 1 is 0.381 bits per heavy atom. The van der Waals surface area contributed by atoms with E-state index in [1.165, 1.54) is 0 Å². The summed E-state index contributed by atoms with van der Waals surface area (Å²) < 4.78 is 0. The Morgan fingerprint density at radius 3 is 0.429 bits per heavy atom. The van der Waals surface area contributed by atoms with Crippen LogP contribution in [0.15, 0.2) is 0 Å². The molecule has 134 valence electrons. The molecule has 0 fully saturated rings. The first kappa shape index (κ1) is 37.0. The molecule has 0 aliphatic carbocycles. The molecule has 0 heterocycles. The summed E-state index contributed by atoms with van der Waals surface area (Å²) in [4.78, 5) is 53.6. The van der Waals surface area contributed by atoms with Gasteiger partial charge in [0.15, 0.2) is 0 Å². The summed E-state index contributed by atoms with van der Waals surface area (Å²) in [5.74, 6) is -13.1. The van der Waals surface area contributed by atoms with E-state index in [2.05, 4.69) is 0 Å². The fourth-order valence-electron chi connectivity index (χ4n) is 0. The Labute approximate surface area is 172 Å². The maximum atomic E-state index is 8.93. The largest absolute Gasteiger partial charge is 3.00 e. The first-order chi connectivity index (χ1) is 7.93. The van der Waals surface area contributed by atoms with Gasteiger partial charge in [-0.05, 0) is 0 Å². The van der Waals surface area contributed by atoms with Crippen LogP contribution >= 0.6 is 0 Å². The fraction of sp³-hybridized carbons (Fsp3) is 0. The SMILES string of the molecule is O.O=C([O-])C(=O)[O-].O=C([O-])C(=O)[O-].O=C([O-])C(=O)[O-].[Lu+3].[Lu+3]. The van der Waals surface area contributed by atoms with Gasteiger partial charge in [-0.1, -0.05) is 0 Å². The van der Waals surface area contributed by atoms with Crippen LogP contribution in [0.3, 0.4) is 0 Å². The Hall–Kier alpha value is -0.752. The molecule has 0 bridgehead atoms. The molecule has 0 aliphatic rings. The third kappa shape index (κ3) is 45.3. The molecule has 13 nitrogen and oxygen atoms in total. The van der Waals surface area contributed by atoms with Crippen LogP contribution in [-0.2, 0) is 28.8 Å². The van der Waals surface area contributed by atoms with Gasteiger partial charge >= 0.3 is 73.7 Å². The molecule has 0 radical (unpaired) electrons. The van der Waals surface area contributed by atoms with Gasteiger partial charge in [0.25, 0.3) is 0 Å². The van der Waals surface area contributed by atoms with Crippen molar-refractivity contribution < 1.29 is 139 Å². The van der Waals surface area contributed by atoms with Gasteiger partial charge in [0, 0.05) is 0 Å². The molecule has 15 heteroatoms. The number of carbonyl (C=O) groups excluding carboxylic acids is 6. The summed E-state index contributed by atoms with van der Waals surface area (Å²) in [6, 6.07) is 0. The van der Waals surface area contributed by atoms with E-state index in [1.54, 1.807) is 0 Å². The fourth-order valence-corrected chi connectivity index (χ4v) is 0. The van der Waals surface area contributed by atoms with Crippen LogP contribution < -0.4 is 30.6 Å². The van der Waals surface area contributed by atoms with Crippen molar-refractivity contribution >= 4 is 35.8 Å². The van der Waals surface area contributed by atoms with Crippen molar-refractivity contribution in [1.82, 2.24) is 0 Å². The predicted octanol–water partition coefficient (Wildman–Crippen LogP) is -11.4. The molecule has 0 saturated heterocycles. The van der Waals surface area contributed by atoms with E-state index in [9.17, 15) is 0 Å². The normalized spacial score (nSPS) is 6.29. The second kappa shape index (κ2) is 21.5. The minimum atomic E-state index is -2.19. The van der Waals surface area contributed by atoms with E-state index in [1.807, 2.05) is 0 Å². The molecule has 0 rings (SSSR count). The quantitative estimate of drug-likeness (QED) is 0.225. The van der Waals surface area contributed by atoms with Gasteiger partial charge in [0.1, 0.15) is 0 Å². The van der Waals surface area contributed by atoms with Crippen molar-refractivity contribution in [3.8, 4) is 0 Å². The van der Waals surface area contributed by atoms with Crippen LogP contribution in [0.2, 0.25) is 0 Å². The van der Waals surface area contributed by atoms with E-state index in [-0.39, 0.29) is 79.2 Å². The molecule has 0 aromatic carbocycles. The Kier molecular flexibility index (Phi) is 37.9. The van der Waals surface area contributed by atoms with Crippen molar-refractivity contribution in [2.24, 2.45) is 0 Å². The van der Waals surface area contributed by atoms with Gasteiger partial charge in [0.05, 0.1) is 35.8 Å². The smallest absolute Gasteiger partial charge is 0.543 e. The second-order valence-electron chi connectivity index (χ2n) is 1.72. The first-order valence-electron chi connectivity index (χ1n) is 3.20. The van der Waals surface area contributed by atoms with Gasteiger partial charge < -0.3 is 64.9 Å². The van der Waals surface area contributed by atoms with Crippen LogP contribution in [0.4, 0.5) is 0 Å². The third-order valence-electron chi connectivity index (χ3n) is 0.500. The number of hydrogen-bond acceptors (Lipinski definition) is 12. The molecule has 0 amide bonds. The average Bonchev–Trinajstić information content (AvgIpc) is 2.18. The van der Waals surface area contributed by atoms with Crippen molar-refractivity contribution in [1.29, 1.82) is 0 Å². The van der Waals surface area contributed by atoms with Crippen molar-refractivity contribution in [2.45, 2.75) is 0 Å². The molecule has 0 aliphatic heterocycles. The second-order valence-corrected chi connectivity index (χ2v) is 1.72. The molecule has 0 atom stereocenters. The molecular formula is C6H2Lu2O13. The number of aliphatic carboxylic acids is 6. The summed E-state index contributed by atoms with van der Waals surface area (Å²) in [7, 11) is 0. The summed E-state index contributed by atoms with van der Waals surface area (Å²) >= 11 is 0. The Morgan fingerprint density at radius 2 is 0.429 bits per heavy atom. The first-order valence-corrected chi connectivity index (χ1v) is 3.20. The Balaban J connectivity index is -0.0000000375. The standard InChI is InChI=1S/3C2H2O4.2Lu.H2O/c3*3-1(4)2(5)6;;;/h3*(H,3,4)(H,5,6);;;1H2/q;;;2*+3;/p-6. The molecule has 21 heavy (non-hydrogen) atoms. The van der Waals surface area contributed by atoms with Gasteiger partial charge in [-0.25, -0.2) is 0 Å². The minimum Gasteiger partial charge on any atom is -0.543 e. The van der Waals surface area contributed by atoms with Crippen LogP contribution in [0, 0.1) is 73.7 Å². The van der Waals surface area contributed by atoms with Crippen molar-refractivity contribution in [2.75, 3.05) is 0 Å². The molecule has 0 aromatic rings. The van der Waals surface area contributed by atoms with Crippen LogP contribution in [-0.4, -0.2) is 41.3 Å². The maximum Gasteiger partial charge on any atom is 3.00 e. The zero-order chi connectivity index (χ0) is 15.5. The zero-order valence-electron chi connectivity index (χ0n) is 8.92. The van der Waals surface area contributed by atoms with E-state index in [4.69, 9.17) is 59.4 Å². The van der Waals surface area contributed by atoms with Crippen LogP contribution in [0.5, 0.6) is 0 Å². The van der Waals surface area contributed by atoms with E-state index in [0.29, 0.717) is 0 Å². The van der Waals surface area contributed by atoms with Crippen molar-refractivity contribution in [3.05, 3.63) is 0 Å². The van der Waals surface area contributed by atoms with E-state index < -0.39 is 35.8 Å². The number of carboxylic acid groups (broad SMARTS) is 6. The predicted molar refractivity (Wildman–Crippen MR) is 33.7 cm³/mol. The molecular weight excluding hydrogens is 630 g/mol. The van der Waals surface area contributed by atoms with E-state index in [0.717, 1.165) is 0 Å². The molecule has 0 spiro atoms. The number of hydrogen-bond donors (Lipinski definition) is 0. The minimum absolute atomic E-state index is 0. The van der Waals surface area contributed by atoms with Gasteiger partial charge in [0.2, 0.25) is 0 Å².